The smallest absolute Gasteiger partial charge is 0.149 e. The lowest BCUT2D eigenvalue weighted by Crippen LogP contribution is -1.95. The molecule has 0 aliphatic heterocycles. The molecule has 0 bridgehead atoms. The Kier molecular flexibility index (Phi) is 2.73. The Morgan fingerprint density at radius 3 is 2.18 bits per heavy atom. The van der Waals surface area contributed by atoms with Crippen LogP contribution in [0.2, 0.25) is 0 Å². The fourth-order valence-electron chi connectivity index (χ4n) is 1.80. The second-order valence-corrected chi connectivity index (χ2v) is 4.39. The molecule has 2 aromatic carbocycles. The predicted molar refractivity (Wildman–Crippen MR) is 71.5 cm³/mol. The van der Waals surface area contributed by atoms with Gasteiger partial charge in [0.25, 0.3) is 0 Å². The monoisotopic (exact) mass is 238 g/mol. The largest absolute Gasteiger partial charge is 0.295 e. The summed E-state index contributed by atoms with van der Waals surface area (Å²) in [7, 11) is 0.989. The number of para-hydroxylation sites is 1. The summed E-state index contributed by atoms with van der Waals surface area (Å²) in [6.45, 7) is 0. The first-order valence-corrected chi connectivity index (χ1v) is 6.37. The number of hydrogen-bond donors (Lipinski definition) is 0. The Hall–Kier alpha value is -1.92. The number of aromatic nitrogens is 2. The standard InChI is InChI=1S/C14H11N2P/c1-3-7-12(8-4-1)14-15-17-11-16(14)13-9-5-2-6-10-13/h1-11H. The summed E-state index contributed by atoms with van der Waals surface area (Å²) in [5.74, 6) is 3.09. The van der Waals surface area contributed by atoms with Gasteiger partial charge in [0.1, 0.15) is 5.82 Å². The number of nitrogens with zero attached hydrogens (tertiary/aromatic N) is 2. The zero-order valence-electron chi connectivity index (χ0n) is 9.19. The quantitative estimate of drug-likeness (QED) is 0.656. The summed E-state index contributed by atoms with van der Waals surface area (Å²) in [6.07, 6.45) is 0. The molecule has 0 saturated heterocycles. The maximum absolute atomic E-state index is 4.52. The van der Waals surface area contributed by atoms with Gasteiger partial charge in [-0.05, 0) is 12.1 Å². The van der Waals surface area contributed by atoms with E-state index in [1.807, 2.05) is 36.4 Å². The molecule has 3 rings (SSSR count). The van der Waals surface area contributed by atoms with Crippen molar-refractivity contribution in [3.8, 4) is 17.1 Å². The molecule has 82 valence electrons. The van der Waals surface area contributed by atoms with Crippen LogP contribution in [0.4, 0.5) is 0 Å². The molecule has 17 heavy (non-hydrogen) atoms. The fraction of sp³-hybridized carbons (Fsp3) is 0. The molecule has 0 unspecified atom stereocenters. The molecule has 3 heteroatoms. The molecule has 1 aromatic heterocycles. The van der Waals surface area contributed by atoms with Crippen LogP contribution in [-0.2, 0) is 0 Å². The van der Waals surface area contributed by atoms with Crippen LogP contribution in [0.15, 0.2) is 66.6 Å². The molecule has 0 aliphatic rings. The average molecular weight is 238 g/mol. The van der Waals surface area contributed by atoms with E-state index in [4.69, 9.17) is 0 Å². The zero-order valence-corrected chi connectivity index (χ0v) is 10.1. The minimum atomic E-state index is 0.989. The molecule has 0 amide bonds. The normalized spacial score (nSPS) is 10.8. The second kappa shape index (κ2) is 4.52. The van der Waals surface area contributed by atoms with Crippen LogP contribution < -0.4 is 0 Å². The molecule has 0 N–H and O–H groups in total. The Morgan fingerprint density at radius 2 is 1.47 bits per heavy atom. The summed E-state index contributed by atoms with van der Waals surface area (Å²) in [4.78, 5) is 0. The van der Waals surface area contributed by atoms with Gasteiger partial charge in [-0.15, -0.1) is 0 Å². The maximum Gasteiger partial charge on any atom is 0.149 e. The molecule has 1 heterocycles. The van der Waals surface area contributed by atoms with E-state index in [0.29, 0.717) is 0 Å². The second-order valence-electron chi connectivity index (χ2n) is 3.73. The van der Waals surface area contributed by atoms with E-state index < -0.39 is 0 Å². The highest BCUT2D eigenvalue weighted by atomic mass is 31.0. The molecule has 0 atom stereocenters. The van der Waals surface area contributed by atoms with E-state index in [-0.39, 0.29) is 0 Å². The molecule has 0 aliphatic carbocycles. The highest BCUT2D eigenvalue weighted by Crippen LogP contribution is 2.24. The van der Waals surface area contributed by atoms with Gasteiger partial charge in [0.2, 0.25) is 0 Å². The van der Waals surface area contributed by atoms with E-state index in [2.05, 4.69) is 39.5 Å². The third kappa shape index (κ3) is 2.00. The number of hydrogen-bond acceptors (Lipinski definition) is 1. The molecule has 2 nitrogen and oxygen atoms in total. The fourth-order valence-corrected chi connectivity index (χ4v) is 2.52. The zero-order chi connectivity index (χ0) is 11.5. The van der Waals surface area contributed by atoms with Gasteiger partial charge in [-0.25, -0.2) is 4.75 Å². The number of benzene rings is 2. The van der Waals surface area contributed by atoms with E-state index >= 15 is 0 Å². The van der Waals surface area contributed by atoms with Crippen molar-refractivity contribution in [2.24, 2.45) is 0 Å². The van der Waals surface area contributed by atoms with Gasteiger partial charge in [0, 0.05) is 11.3 Å². The summed E-state index contributed by atoms with van der Waals surface area (Å²) >= 11 is 0. The topological polar surface area (TPSA) is 17.8 Å². The first-order valence-electron chi connectivity index (χ1n) is 5.46. The van der Waals surface area contributed by atoms with Crippen molar-refractivity contribution in [1.29, 1.82) is 0 Å². The van der Waals surface area contributed by atoms with Gasteiger partial charge in [-0.2, -0.15) is 0 Å². The minimum Gasteiger partial charge on any atom is -0.295 e. The first kappa shape index (κ1) is 10.2. The lowest BCUT2D eigenvalue weighted by atomic mass is 10.2. The first-order chi connectivity index (χ1) is 8.45. The van der Waals surface area contributed by atoms with Gasteiger partial charge in [0.15, 0.2) is 0 Å². The van der Waals surface area contributed by atoms with E-state index in [1.165, 1.54) is 0 Å². The van der Waals surface area contributed by atoms with Crippen molar-refractivity contribution < 1.29 is 0 Å². The molecule has 0 radical (unpaired) electrons. The summed E-state index contributed by atoms with van der Waals surface area (Å²) in [5.41, 5.74) is 2.30. The highest BCUT2D eigenvalue weighted by Gasteiger charge is 2.06. The maximum atomic E-state index is 4.52. The molecule has 0 fully saturated rings. The molecule has 3 aromatic rings. The van der Waals surface area contributed by atoms with Crippen LogP contribution in [0.1, 0.15) is 0 Å². The molecular formula is C14H11N2P. The lowest BCUT2D eigenvalue weighted by Gasteiger charge is -2.06. The van der Waals surface area contributed by atoms with Gasteiger partial charge in [0.05, 0.1) is 14.3 Å². The molecule has 0 saturated carbocycles. The molecule has 0 spiro atoms. The predicted octanol–water partition coefficient (Wildman–Crippen LogP) is 4.12. The van der Waals surface area contributed by atoms with Crippen LogP contribution in [0.3, 0.4) is 0 Å². The van der Waals surface area contributed by atoms with Gasteiger partial charge >= 0.3 is 0 Å². The van der Waals surface area contributed by atoms with Crippen LogP contribution in [0, 0.1) is 0 Å². The van der Waals surface area contributed by atoms with Crippen molar-refractivity contribution >= 4 is 8.35 Å². The SMILES string of the molecule is c1ccc(-c2npcn2-c2ccccc2)cc1. The van der Waals surface area contributed by atoms with Gasteiger partial charge in [-0.1, -0.05) is 48.5 Å². The Bertz CT molecular complexity index is 548. The highest BCUT2D eigenvalue weighted by molar-refractivity contribution is 7.24. The van der Waals surface area contributed by atoms with Gasteiger partial charge in [-0.3, -0.25) is 4.57 Å². The van der Waals surface area contributed by atoms with Crippen molar-refractivity contribution in [2.45, 2.75) is 0 Å². The summed E-state index contributed by atoms with van der Waals surface area (Å²) < 4.78 is 6.66. The van der Waals surface area contributed by atoms with Gasteiger partial charge < -0.3 is 0 Å². The van der Waals surface area contributed by atoms with Crippen LogP contribution in [0.5, 0.6) is 0 Å². The Balaban J connectivity index is 2.13. The van der Waals surface area contributed by atoms with Crippen molar-refractivity contribution in [3.63, 3.8) is 0 Å². The third-order valence-electron chi connectivity index (χ3n) is 2.61. The van der Waals surface area contributed by atoms with Crippen LogP contribution in [-0.4, -0.2) is 9.31 Å². The average Bonchev–Trinajstić information content (AvgIpc) is 2.90. The third-order valence-corrected chi connectivity index (χ3v) is 3.25. The van der Waals surface area contributed by atoms with E-state index in [0.717, 1.165) is 25.4 Å². The minimum absolute atomic E-state index is 0.989. The summed E-state index contributed by atoms with van der Waals surface area (Å²) in [6, 6.07) is 20.6. The Morgan fingerprint density at radius 1 is 0.824 bits per heavy atom. The van der Waals surface area contributed by atoms with Crippen LogP contribution >= 0.6 is 8.35 Å². The Labute approximate surface area is 102 Å². The lowest BCUT2D eigenvalue weighted by molar-refractivity contribution is 1.07. The van der Waals surface area contributed by atoms with Crippen molar-refractivity contribution in [2.75, 3.05) is 0 Å². The number of rotatable bonds is 2. The molecular weight excluding hydrogens is 227 g/mol. The van der Waals surface area contributed by atoms with Crippen molar-refractivity contribution in [3.05, 3.63) is 66.6 Å². The van der Waals surface area contributed by atoms with E-state index in [9.17, 15) is 0 Å². The summed E-state index contributed by atoms with van der Waals surface area (Å²) in [5, 5.41) is 0. The van der Waals surface area contributed by atoms with E-state index in [1.54, 1.807) is 0 Å². The van der Waals surface area contributed by atoms with Crippen molar-refractivity contribution in [1.82, 2.24) is 9.31 Å². The van der Waals surface area contributed by atoms with Crippen LogP contribution in [0.25, 0.3) is 17.1 Å².